The van der Waals surface area contributed by atoms with E-state index in [1.807, 2.05) is 30.7 Å². The Morgan fingerprint density at radius 2 is 2.23 bits per heavy atom. The van der Waals surface area contributed by atoms with Crippen LogP contribution in [0.4, 0.5) is 0 Å². The van der Waals surface area contributed by atoms with Crippen molar-refractivity contribution in [1.82, 2.24) is 9.80 Å². The van der Waals surface area contributed by atoms with Crippen LogP contribution in [-0.4, -0.2) is 59.6 Å². The third-order valence-corrected chi connectivity index (χ3v) is 2.70. The lowest BCUT2D eigenvalue weighted by molar-refractivity contribution is -0.145. The third kappa shape index (κ3) is 1.84. The molecular weight excluding hydrogens is 168 g/mol. The molecule has 1 aliphatic rings. The summed E-state index contributed by atoms with van der Waals surface area (Å²) in [6.07, 6.45) is 0. The highest BCUT2D eigenvalue weighted by molar-refractivity contribution is 5.83. The monoisotopic (exact) mass is 186 g/mol. The number of carbonyl (C=O) groups is 1. The number of hydrogen-bond acceptors (Lipinski definition) is 3. The lowest BCUT2D eigenvalue weighted by atomic mass is 10.1. The fraction of sp³-hybridized carbons (Fsp3) is 0.889. The van der Waals surface area contributed by atoms with Gasteiger partial charge in [0.15, 0.2) is 0 Å². The van der Waals surface area contributed by atoms with Crippen molar-refractivity contribution in [2.24, 2.45) is 0 Å². The van der Waals surface area contributed by atoms with Gasteiger partial charge in [-0.15, -0.1) is 0 Å². The zero-order chi connectivity index (χ0) is 10.0. The first-order chi connectivity index (χ1) is 6.11. The number of nitrogens with zero attached hydrogens (tertiary/aromatic N) is 2. The van der Waals surface area contributed by atoms with Crippen molar-refractivity contribution in [3.05, 3.63) is 0 Å². The molecular formula is C9H18N2O2. The number of hydrogen-bond donors (Lipinski definition) is 1. The van der Waals surface area contributed by atoms with Crippen molar-refractivity contribution in [2.45, 2.75) is 25.9 Å². The van der Waals surface area contributed by atoms with E-state index < -0.39 is 0 Å². The Labute approximate surface area is 79.1 Å². The highest BCUT2D eigenvalue weighted by Gasteiger charge is 2.35. The van der Waals surface area contributed by atoms with Gasteiger partial charge in [-0.1, -0.05) is 0 Å². The highest BCUT2D eigenvalue weighted by atomic mass is 16.3. The maximum atomic E-state index is 11.7. The Kier molecular flexibility index (Phi) is 3.27. The van der Waals surface area contributed by atoms with Crippen LogP contribution in [0.25, 0.3) is 0 Å². The van der Waals surface area contributed by atoms with Crippen molar-refractivity contribution in [1.29, 1.82) is 0 Å². The molecule has 0 saturated carbocycles. The summed E-state index contributed by atoms with van der Waals surface area (Å²) in [5.74, 6) is 0.0475. The normalized spacial score (nSPS) is 31.1. The SMILES string of the molecule is CCN1C(=O)C(CO)N(C)CC1C. The van der Waals surface area contributed by atoms with Crippen LogP contribution in [0.2, 0.25) is 0 Å². The van der Waals surface area contributed by atoms with Crippen LogP contribution in [0.15, 0.2) is 0 Å². The quantitative estimate of drug-likeness (QED) is 0.634. The average Bonchev–Trinajstić information content (AvgIpc) is 2.04. The largest absolute Gasteiger partial charge is 0.394 e. The Bertz CT molecular complexity index is 178. The maximum absolute atomic E-state index is 11.7. The predicted molar refractivity (Wildman–Crippen MR) is 50.4 cm³/mol. The van der Waals surface area contributed by atoms with E-state index in [2.05, 4.69) is 0 Å². The second kappa shape index (κ2) is 4.07. The average molecular weight is 186 g/mol. The molecule has 1 saturated heterocycles. The Hall–Kier alpha value is -0.610. The summed E-state index contributed by atoms with van der Waals surface area (Å²) in [4.78, 5) is 15.5. The molecule has 0 spiro atoms. The minimum Gasteiger partial charge on any atom is -0.394 e. The molecule has 2 unspecified atom stereocenters. The van der Waals surface area contributed by atoms with Crippen LogP contribution in [0.3, 0.4) is 0 Å². The van der Waals surface area contributed by atoms with Gasteiger partial charge < -0.3 is 10.0 Å². The number of rotatable bonds is 2. The van der Waals surface area contributed by atoms with E-state index in [0.717, 1.165) is 13.1 Å². The van der Waals surface area contributed by atoms with Crippen molar-refractivity contribution >= 4 is 5.91 Å². The second-order valence-corrected chi connectivity index (χ2v) is 3.61. The van der Waals surface area contributed by atoms with E-state index in [1.165, 1.54) is 0 Å². The zero-order valence-corrected chi connectivity index (χ0v) is 8.53. The molecule has 76 valence electrons. The molecule has 0 aromatic carbocycles. The van der Waals surface area contributed by atoms with Gasteiger partial charge in [0.2, 0.25) is 5.91 Å². The molecule has 4 heteroatoms. The molecule has 2 atom stereocenters. The molecule has 0 bridgehead atoms. The molecule has 1 amide bonds. The van der Waals surface area contributed by atoms with Crippen LogP contribution in [0.5, 0.6) is 0 Å². The summed E-state index contributed by atoms with van der Waals surface area (Å²) < 4.78 is 0. The topological polar surface area (TPSA) is 43.8 Å². The van der Waals surface area contributed by atoms with Crippen LogP contribution in [-0.2, 0) is 4.79 Å². The number of aliphatic hydroxyl groups is 1. The first kappa shape index (κ1) is 10.5. The van der Waals surface area contributed by atoms with Crippen LogP contribution >= 0.6 is 0 Å². The van der Waals surface area contributed by atoms with E-state index in [0.29, 0.717) is 0 Å². The van der Waals surface area contributed by atoms with E-state index in [-0.39, 0.29) is 24.6 Å². The van der Waals surface area contributed by atoms with Crippen molar-refractivity contribution in [3.63, 3.8) is 0 Å². The van der Waals surface area contributed by atoms with E-state index in [9.17, 15) is 4.79 Å². The van der Waals surface area contributed by atoms with E-state index in [4.69, 9.17) is 5.11 Å². The minimum atomic E-state index is -0.337. The molecule has 0 aromatic rings. The Balaban J connectivity index is 2.75. The molecule has 1 N–H and O–H groups in total. The minimum absolute atomic E-state index is 0.0475. The summed E-state index contributed by atoms with van der Waals surface area (Å²) in [6.45, 7) is 5.48. The number of piperazine rings is 1. The molecule has 4 nitrogen and oxygen atoms in total. The van der Waals surface area contributed by atoms with Crippen molar-refractivity contribution in [3.8, 4) is 0 Å². The molecule has 0 radical (unpaired) electrons. The zero-order valence-electron chi connectivity index (χ0n) is 8.53. The standard InChI is InChI=1S/C9H18N2O2/c1-4-11-7(2)5-10(3)8(6-12)9(11)13/h7-8,12H,4-6H2,1-3H3. The molecule has 1 rings (SSSR count). The molecule has 1 aliphatic heterocycles. The fourth-order valence-electron chi connectivity index (χ4n) is 1.92. The third-order valence-electron chi connectivity index (χ3n) is 2.70. The number of carbonyl (C=O) groups excluding carboxylic acids is 1. The first-order valence-corrected chi connectivity index (χ1v) is 4.73. The van der Waals surface area contributed by atoms with Gasteiger partial charge in [-0.05, 0) is 20.9 Å². The number of likely N-dealkylation sites (N-methyl/N-ethyl adjacent to an activating group) is 2. The van der Waals surface area contributed by atoms with Gasteiger partial charge in [-0.3, -0.25) is 9.69 Å². The summed E-state index contributed by atoms with van der Waals surface area (Å²) in [6, 6.07) is -0.0820. The number of aliphatic hydroxyl groups excluding tert-OH is 1. The molecule has 0 aliphatic carbocycles. The van der Waals surface area contributed by atoms with Gasteiger partial charge in [0, 0.05) is 19.1 Å². The number of amides is 1. The van der Waals surface area contributed by atoms with Crippen LogP contribution in [0, 0.1) is 0 Å². The molecule has 1 heterocycles. The maximum Gasteiger partial charge on any atom is 0.242 e. The Morgan fingerprint density at radius 1 is 1.62 bits per heavy atom. The lowest BCUT2D eigenvalue weighted by Crippen LogP contribution is -2.60. The molecule has 1 fully saturated rings. The summed E-state index contributed by atoms with van der Waals surface area (Å²) in [7, 11) is 1.88. The van der Waals surface area contributed by atoms with Crippen LogP contribution in [0.1, 0.15) is 13.8 Å². The van der Waals surface area contributed by atoms with Crippen molar-refractivity contribution in [2.75, 3.05) is 26.7 Å². The summed E-state index contributed by atoms with van der Waals surface area (Å²) >= 11 is 0. The van der Waals surface area contributed by atoms with E-state index >= 15 is 0 Å². The molecule has 13 heavy (non-hydrogen) atoms. The van der Waals surface area contributed by atoms with Crippen LogP contribution < -0.4 is 0 Å². The van der Waals surface area contributed by atoms with Gasteiger partial charge in [0.05, 0.1) is 6.61 Å². The summed E-state index contributed by atoms with van der Waals surface area (Å²) in [5, 5.41) is 9.04. The molecule has 0 aromatic heterocycles. The Morgan fingerprint density at radius 3 is 2.69 bits per heavy atom. The van der Waals surface area contributed by atoms with Gasteiger partial charge in [0.25, 0.3) is 0 Å². The fourth-order valence-corrected chi connectivity index (χ4v) is 1.92. The predicted octanol–water partition coefficient (Wildman–Crippen LogP) is -0.470. The van der Waals surface area contributed by atoms with Gasteiger partial charge in [0.1, 0.15) is 6.04 Å². The first-order valence-electron chi connectivity index (χ1n) is 4.73. The van der Waals surface area contributed by atoms with Gasteiger partial charge in [-0.2, -0.15) is 0 Å². The van der Waals surface area contributed by atoms with E-state index in [1.54, 1.807) is 0 Å². The second-order valence-electron chi connectivity index (χ2n) is 3.61. The van der Waals surface area contributed by atoms with Gasteiger partial charge in [-0.25, -0.2) is 0 Å². The lowest BCUT2D eigenvalue weighted by Gasteiger charge is -2.41. The summed E-state index contributed by atoms with van der Waals surface area (Å²) in [5.41, 5.74) is 0. The highest BCUT2D eigenvalue weighted by Crippen LogP contribution is 2.14. The van der Waals surface area contributed by atoms with Gasteiger partial charge >= 0.3 is 0 Å². The smallest absolute Gasteiger partial charge is 0.242 e. The van der Waals surface area contributed by atoms with Crippen molar-refractivity contribution < 1.29 is 9.90 Å².